The fourth-order valence-corrected chi connectivity index (χ4v) is 3.16. The van der Waals surface area contributed by atoms with Gasteiger partial charge in [0.25, 0.3) is 0 Å². The SMILES string of the molecule is CCC(=O)NCC(=O)NC(c1cnc2ccccc2c1)C1CC(O)C1. The Hall–Kier alpha value is -2.47. The van der Waals surface area contributed by atoms with Crippen molar-refractivity contribution in [3.05, 3.63) is 42.1 Å². The molecule has 6 nitrogen and oxygen atoms in total. The molecular formula is C19H23N3O3. The molecule has 2 amide bonds. The summed E-state index contributed by atoms with van der Waals surface area (Å²) in [6.45, 7) is 1.70. The van der Waals surface area contributed by atoms with Gasteiger partial charge in [0, 0.05) is 18.0 Å². The number of aliphatic hydroxyl groups is 1. The summed E-state index contributed by atoms with van der Waals surface area (Å²) >= 11 is 0. The zero-order valence-electron chi connectivity index (χ0n) is 14.2. The molecule has 1 fully saturated rings. The second kappa shape index (κ2) is 7.61. The van der Waals surface area contributed by atoms with E-state index in [4.69, 9.17) is 0 Å². The quantitative estimate of drug-likeness (QED) is 0.746. The van der Waals surface area contributed by atoms with Crippen LogP contribution in [0.2, 0.25) is 0 Å². The molecule has 0 radical (unpaired) electrons. The third-order valence-electron chi connectivity index (χ3n) is 4.68. The molecule has 2 aromatic rings. The van der Waals surface area contributed by atoms with Gasteiger partial charge in [-0.2, -0.15) is 0 Å². The van der Waals surface area contributed by atoms with E-state index in [0.717, 1.165) is 16.5 Å². The molecule has 25 heavy (non-hydrogen) atoms. The maximum atomic E-state index is 12.2. The number of para-hydroxylation sites is 1. The molecule has 1 atom stereocenters. The maximum absolute atomic E-state index is 12.2. The van der Waals surface area contributed by atoms with E-state index < -0.39 is 0 Å². The Morgan fingerprint density at radius 1 is 1.28 bits per heavy atom. The number of pyridine rings is 1. The van der Waals surface area contributed by atoms with Crippen molar-refractivity contribution >= 4 is 22.7 Å². The molecule has 0 bridgehead atoms. The standard InChI is InChI=1S/C19H23N3O3/c1-2-17(24)21-11-18(25)22-19(13-8-15(23)9-13)14-7-12-5-3-4-6-16(12)20-10-14/h3-7,10,13,15,19,23H,2,8-9,11H2,1H3,(H,21,24)(H,22,25). The molecule has 1 saturated carbocycles. The fraction of sp³-hybridized carbons (Fsp3) is 0.421. The van der Waals surface area contributed by atoms with Crippen molar-refractivity contribution in [2.45, 2.75) is 38.3 Å². The van der Waals surface area contributed by atoms with Crippen LogP contribution in [0.4, 0.5) is 0 Å². The van der Waals surface area contributed by atoms with E-state index in [1.54, 1.807) is 13.1 Å². The molecule has 1 unspecified atom stereocenters. The van der Waals surface area contributed by atoms with E-state index >= 15 is 0 Å². The smallest absolute Gasteiger partial charge is 0.239 e. The molecular weight excluding hydrogens is 318 g/mol. The van der Waals surface area contributed by atoms with E-state index in [9.17, 15) is 14.7 Å². The summed E-state index contributed by atoms with van der Waals surface area (Å²) in [6, 6.07) is 9.64. The topological polar surface area (TPSA) is 91.3 Å². The Bertz CT molecular complexity index is 771. The highest BCUT2D eigenvalue weighted by Crippen LogP contribution is 2.38. The van der Waals surface area contributed by atoms with Crippen LogP contribution in [0.5, 0.6) is 0 Å². The lowest BCUT2D eigenvalue weighted by Crippen LogP contribution is -2.44. The number of aromatic nitrogens is 1. The Labute approximate surface area is 146 Å². The van der Waals surface area contributed by atoms with Crippen LogP contribution < -0.4 is 10.6 Å². The van der Waals surface area contributed by atoms with Crippen LogP contribution in [0.3, 0.4) is 0 Å². The number of carbonyl (C=O) groups excluding carboxylic acids is 2. The number of carbonyl (C=O) groups is 2. The van der Waals surface area contributed by atoms with Crippen molar-refractivity contribution in [3.63, 3.8) is 0 Å². The number of fused-ring (bicyclic) bond motifs is 1. The number of hydrogen-bond donors (Lipinski definition) is 3. The molecule has 0 spiro atoms. The number of aliphatic hydroxyl groups excluding tert-OH is 1. The lowest BCUT2D eigenvalue weighted by atomic mass is 9.75. The van der Waals surface area contributed by atoms with Crippen LogP contribution in [0.15, 0.2) is 36.5 Å². The maximum Gasteiger partial charge on any atom is 0.239 e. The second-order valence-corrected chi connectivity index (χ2v) is 6.52. The van der Waals surface area contributed by atoms with E-state index in [1.165, 1.54) is 0 Å². The predicted octanol–water partition coefficient (Wildman–Crippen LogP) is 1.69. The van der Waals surface area contributed by atoms with Crippen LogP contribution in [0.1, 0.15) is 37.8 Å². The van der Waals surface area contributed by atoms with Gasteiger partial charge < -0.3 is 15.7 Å². The number of amides is 2. The van der Waals surface area contributed by atoms with E-state index in [0.29, 0.717) is 19.3 Å². The first-order valence-electron chi connectivity index (χ1n) is 8.65. The highest BCUT2D eigenvalue weighted by atomic mass is 16.3. The van der Waals surface area contributed by atoms with Gasteiger partial charge in [0.05, 0.1) is 24.2 Å². The van der Waals surface area contributed by atoms with Crippen LogP contribution >= 0.6 is 0 Å². The lowest BCUT2D eigenvalue weighted by molar-refractivity contribution is -0.126. The molecule has 6 heteroatoms. The van der Waals surface area contributed by atoms with Gasteiger partial charge >= 0.3 is 0 Å². The number of nitrogens with zero attached hydrogens (tertiary/aromatic N) is 1. The van der Waals surface area contributed by atoms with Gasteiger partial charge in [-0.05, 0) is 36.5 Å². The minimum absolute atomic E-state index is 0.0422. The summed E-state index contributed by atoms with van der Waals surface area (Å²) in [5, 5.41) is 16.2. The Morgan fingerprint density at radius 3 is 2.76 bits per heavy atom. The summed E-state index contributed by atoms with van der Waals surface area (Å²) in [6.07, 6.45) is 3.12. The third kappa shape index (κ3) is 4.14. The molecule has 132 valence electrons. The monoisotopic (exact) mass is 341 g/mol. The van der Waals surface area contributed by atoms with Crippen LogP contribution in [0.25, 0.3) is 10.9 Å². The van der Waals surface area contributed by atoms with Crippen LogP contribution in [0, 0.1) is 5.92 Å². The van der Waals surface area contributed by atoms with Crippen molar-refractivity contribution in [2.75, 3.05) is 6.54 Å². The summed E-state index contributed by atoms with van der Waals surface area (Å²) in [5.41, 5.74) is 1.82. The molecule has 0 aliphatic heterocycles. The molecule has 0 saturated heterocycles. The van der Waals surface area contributed by atoms with Crippen molar-refractivity contribution < 1.29 is 14.7 Å². The van der Waals surface area contributed by atoms with Crippen molar-refractivity contribution in [3.8, 4) is 0 Å². The van der Waals surface area contributed by atoms with E-state index in [-0.39, 0.29) is 36.4 Å². The van der Waals surface area contributed by atoms with Crippen LogP contribution in [-0.2, 0) is 9.59 Å². The zero-order chi connectivity index (χ0) is 17.8. The second-order valence-electron chi connectivity index (χ2n) is 6.52. The van der Waals surface area contributed by atoms with Crippen LogP contribution in [-0.4, -0.2) is 34.6 Å². The molecule has 1 aliphatic rings. The summed E-state index contributed by atoms with van der Waals surface area (Å²) in [5.74, 6) is -0.219. The minimum Gasteiger partial charge on any atom is -0.393 e. The van der Waals surface area contributed by atoms with E-state index in [1.807, 2.05) is 30.3 Å². The molecule has 3 N–H and O–H groups in total. The first-order valence-corrected chi connectivity index (χ1v) is 8.65. The third-order valence-corrected chi connectivity index (χ3v) is 4.68. The number of rotatable bonds is 6. The average molecular weight is 341 g/mol. The van der Waals surface area contributed by atoms with Crippen molar-refractivity contribution in [1.82, 2.24) is 15.6 Å². The first-order chi connectivity index (χ1) is 12.1. The largest absolute Gasteiger partial charge is 0.393 e. The predicted molar refractivity (Wildman–Crippen MR) is 94.7 cm³/mol. The minimum atomic E-state index is -0.308. The molecule has 3 rings (SSSR count). The zero-order valence-corrected chi connectivity index (χ0v) is 14.2. The summed E-state index contributed by atoms with van der Waals surface area (Å²) in [4.78, 5) is 28.0. The van der Waals surface area contributed by atoms with Gasteiger partial charge in [0.15, 0.2) is 0 Å². The van der Waals surface area contributed by atoms with Gasteiger partial charge in [-0.25, -0.2) is 0 Å². The molecule has 1 heterocycles. The Kier molecular flexibility index (Phi) is 5.28. The van der Waals surface area contributed by atoms with Crippen molar-refractivity contribution in [2.24, 2.45) is 5.92 Å². The number of nitrogens with one attached hydrogen (secondary N) is 2. The summed E-state index contributed by atoms with van der Waals surface area (Å²) < 4.78 is 0. The highest BCUT2D eigenvalue weighted by molar-refractivity contribution is 5.85. The lowest BCUT2D eigenvalue weighted by Gasteiger charge is -2.38. The fourth-order valence-electron chi connectivity index (χ4n) is 3.16. The van der Waals surface area contributed by atoms with E-state index in [2.05, 4.69) is 15.6 Å². The molecule has 1 aromatic heterocycles. The van der Waals surface area contributed by atoms with Gasteiger partial charge in [0.1, 0.15) is 0 Å². The summed E-state index contributed by atoms with van der Waals surface area (Å²) in [7, 11) is 0. The van der Waals surface area contributed by atoms with Gasteiger partial charge in [0.2, 0.25) is 11.8 Å². The average Bonchev–Trinajstić information content (AvgIpc) is 2.61. The molecule has 1 aliphatic carbocycles. The Morgan fingerprint density at radius 2 is 2.04 bits per heavy atom. The first kappa shape index (κ1) is 17.4. The molecule has 1 aromatic carbocycles. The number of hydrogen-bond acceptors (Lipinski definition) is 4. The van der Waals surface area contributed by atoms with Gasteiger partial charge in [-0.15, -0.1) is 0 Å². The normalized spacial score (nSPS) is 20.6. The van der Waals surface area contributed by atoms with Gasteiger partial charge in [-0.1, -0.05) is 25.1 Å². The van der Waals surface area contributed by atoms with Crippen molar-refractivity contribution in [1.29, 1.82) is 0 Å². The highest BCUT2D eigenvalue weighted by Gasteiger charge is 2.35. The van der Waals surface area contributed by atoms with Gasteiger partial charge in [-0.3, -0.25) is 14.6 Å². The number of benzene rings is 1. The Balaban J connectivity index is 1.76.